The van der Waals surface area contributed by atoms with Gasteiger partial charge >= 0.3 is 0 Å². The van der Waals surface area contributed by atoms with Crippen LogP contribution in [-0.4, -0.2) is 16.5 Å². The fourth-order valence-corrected chi connectivity index (χ4v) is 0.441. The van der Waals surface area contributed by atoms with Gasteiger partial charge in [-0.1, -0.05) is 0 Å². The van der Waals surface area contributed by atoms with Gasteiger partial charge in [-0.3, -0.25) is 4.79 Å². The summed E-state index contributed by atoms with van der Waals surface area (Å²) in [5.74, 6) is -1.19. The molecule has 0 atom stereocenters. The molecule has 0 saturated carbocycles. The van der Waals surface area contributed by atoms with Crippen molar-refractivity contribution >= 4 is 6.29 Å². The van der Waals surface area contributed by atoms with Crippen molar-refractivity contribution in [2.24, 2.45) is 0 Å². The summed E-state index contributed by atoms with van der Waals surface area (Å²) in [7, 11) is 0. The third kappa shape index (κ3) is 0.739. The first kappa shape index (κ1) is 5.68. The summed E-state index contributed by atoms with van der Waals surface area (Å²) < 4.78 is 4.38. The Morgan fingerprint density at radius 2 is 2.22 bits per heavy atom. The van der Waals surface area contributed by atoms with E-state index in [4.69, 9.17) is 10.2 Å². The zero-order chi connectivity index (χ0) is 6.85. The quantitative estimate of drug-likeness (QED) is 0.540. The van der Waals surface area contributed by atoms with Gasteiger partial charge in [0, 0.05) is 0 Å². The number of aromatic hydroxyl groups is 2. The van der Waals surface area contributed by atoms with Gasteiger partial charge in [-0.15, -0.1) is 0 Å². The number of carbonyl (C=O) groups is 1. The van der Waals surface area contributed by atoms with E-state index in [2.05, 4.69) is 4.42 Å². The second-order valence-corrected chi connectivity index (χ2v) is 1.45. The molecule has 0 amide bonds. The largest absolute Gasteiger partial charge is 0.502 e. The molecule has 9 heavy (non-hydrogen) atoms. The van der Waals surface area contributed by atoms with Crippen molar-refractivity contribution in [3.63, 3.8) is 0 Å². The van der Waals surface area contributed by atoms with Crippen LogP contribution in [0.15, 0.2) is 10.7 Å². The Morgan fingerprint density at radius 3 is 2.44 bits per heavy atom. The molecule has 2 N–H and O–H groups in total. The molecular weight excluding hydrogens is 124 g/mol. The molecule has 0 unspecified atom stereocenters. The Bertz CT molecular complexity index is 225. The normalized spacial score (nSPS) is 9.33. The zero-order valence-corrected chi connectivity index (χ0v) is 4.37. The molecule has 0 bridgehead atoms. The summed E-state index contributed by atoms with van der Waals surface area (Å²) >= 11 is 0. The highest BCUT2D eigenvalue weighted by atomic mass is 16.4. The molecular formula is C5H4O4. The molecule has 0 saturated heterocycles. The van der Waals surface area contributed by atoms with Crippen LogP contribution in [0.4, 0.5) is 0 Å². The molecule has 0 radical (unpaired) electrons. The molecule has 4 heteroatoms. The highest BCUT2D eigenvalue weighted by molar-refractivity contribution is 5.76. The van der Waals surface area contributed by atoms with E-state index in [9.17, 15) is 4.79 Å². The summed E-state index contributed by atoms with van der Waals surface area (Å²) in [4.78, 5) is 9.88. The van der Waals surface area contributed by atoms with Crippen molar-refractivity contribution in [1.29, 1.82) is 0 Å². The first-order valence-corrected chi connectivity index (χ1v) is 2.20. The first-order valence-electron chi connectivity index (χ1n) is 2.20. The molecule has 0 fully saturated rings. The van der Waals surface area contributed by atoms with Crippen LogP contribution in [0.25, 0.3) is 0 Å². The van der Waals surface area contributed by atoms with Crippen LogP contribution >= 0.6 is 0 Å². The van der Waals surface area contributed by atoms with Crippen molar-refractivity contribution in [2.45, 2.75) is 0 Å². The maximum absolute atomic E-state index is 9.88. The molecule has 0 aromatic carbocycles. The molecule has 0 aliphatic rings. The Labute approximate surface area is 50.3 Å². The van der Waals surface area contributed by atoms with E-state index in [1.165, 1.54) is 0 Å². The molecule has 0 spiro atoms. The van der Waals surface area contributed by atoms with Crippen LogP contribution in [0.1, 0.15) is 10.6 Å². The average molecular weight is 128 g/mol. The smallest absolute Gasteiger partial charge is 0.211 e. The molecule has 1 heterocycles. The van der Waals surface area contributed by atoms with Crippen molar-refractivity contribution in [2.75, 3.05) is 0 Å². The number of hydrogen-bond donors (Lipinski definition) is 2. The van der Waals surface area contributed by atoms with E-state index in [-0.39, 0.29) is 5.76 Å². The Kier molecular flexibility index (Phi) is 1.14. The predicted molar refractivity (Wildman–Crippen MR) is 27.4 cm³/mol. The van der Waals surface area contributed by atoms with E-state index >= 15 is 0 Å². The molecule has 1 aromatic rings. The molecule has 4 nitrogen and oxygen atoms in total. The lowest BCUT2D eigenvalue weighted by molar-refractivity contribution is 0.109. The second-order valence-electron chi connectivity index (χ2n) is 1.45. The number of hydrogen-bond acceptors (Lipinski definition) is 4. The van der Waals surface area contributed by atoms with Gasteiger partial charge in [-0.2, -0.15) is 0 Å². The first-order chi connectivity index (χ1) is 4.25. The molecule has 48 valence electrons. The van der Waals surface area contributed by atoms with Crippen molar-refractivity contribution < 1.29 is 19.4 Å². The SMILES string of the molecule is O=Cc1occ(O)c1O. The number of carbonyl (C=O) groups excluding carboxylic acids is 1. The second kappa shape index (κ2) is 1.81. The zero-order valence-electron chi connectivity index (χ0n) is 4.37. The Hall–Kier alpha value is -1.45. The van der Waals surface area contributed by atoms with E-state index in [1.54, 1.807) is 0 Å². The fraction of sp³-hybridized carbons (Fsp3) is 0. The Balaban J connectivity index is 3.18. The van der Waals surface area contributed by atoms with Gasteiger partial charge in [0.2, 0.25) is 11.5 Å². The van der Waals surface area contributed by atoms with Gasteiger partial charge in [0.1, 0.15) is 6.26 Å². The lowest BCUT2D eigenvalue weighted by Crippen LogP contribution is -1.70. The summed E-state index contributed by atoms with van der Waals surface area (Å²) in [5, 5.41) is 17.2. The number of rotatable bonds is 1. The monoisotopic (exact) mass is 128 g/mol. The standard InChI is InChI=1S/C5H4O4/c6-1-4-5(8)3(7)2-9-4/h1-2,7-8H. The van der Waals surface area contributed by atoms with Gasteiger partial charge in [-0.05, 0) is 0 Å². The van der Waals surface area contributed by atoms with Gasteiger partial charge in [0.05, 0.1) is 0 Å². The summed E-state index contributed by atoms with van der Waals surface area (Å²) in [5.41, 5.74) is 0. The average Bonchev–Trinajstić information content (AvgIpc) is 2.15. The van der Waals surface area contributed by atoms with Crippen molar-refractivity contribution in [3.05, 3.63) is 12.0 Å². The topological polar surface area (TPSA) is 70.7 Å². The minimum absolute atomic E-state index is 0.257. The highest BCUT2D eigenvalue weighted by Crippen LogP contribution is 2.28. The van der Waals surface area contributed by atoms with E-state index in [0.29, 0.717) is 6.29 Å². The van der Waals surface area contributed by atoms with Gasteiger partial charge < -0.3 is 14.6 Å². The summed E-state index contributed by atoms with van der Waals surface area (Å²) in [6.45, 7) is 0. The minimum Gasteiger partial charge on any atom is -0.502 e. The molecule has 1 rings (SSSR count). The maximum Gasteiger partial charge on any atom is 0.211 e. The predicted octanol–water partition coefficient (Wildman–Crippen LogP) is 0.503. The van der Waals surface area contributed by atoms with E-state index in [0.717, 1.165) is 6.26 Å². The molecule has 1 aromatic heterocycles. The molecule has 0 aliphatic heterocycles. The van der Waals surface area contributed by atoms with E-state index in [1.807, 2.05) is 0 Å². The summed E-state index contributed by atoms with van der Waals surface area (Å²) in [6, 6.07) is 0. The maximum atomic E-state index is 9.88. The lowest BCUT2D eigenvalue weighted by atomic mass is 10.4. The van der Waals surface area contributed by atoms with Crippen LogP contribution in [0.2, 0.25) is 0 Å². The lowest BCUT2D eigenvalue weighted by Gasteiger charge is -1.81. The third-order valence-electron chi connectivity index (χ3n) is 0.881. The fourth-order valence-electron chi connectivity index (χ4n) is 0.441. The van der Waals surface area contributed by atoms with Crippen LogP contribution in [-0.2, 0) is 0 Å². The van der Waals surface area contributed by atoms with E-state index < -0.39 is 11.5 Å². The minimum atomic E-state index is -0.509. The van der Waals surface area contributed by atoms with Crippen molar-refractivity contribution in [3.8, 4) is 11.5 Å². The van der Waals surface area contributed by atoms with Crippen molar-refractivity contribution in [1.82, 2.24) is 0 Å². The van der Waals surface area contributed by atoms with Crippen LogP contribution in [0.5, 0.6) is 11.5 Å². The Morgan fingerprint density at radius 1 is 1.56 bits per heavy atom. The van der Waals surface area contributed by atoms with Gasteiger partial charge in [0.25, 0.3) is 0 Å². The molecule has 0 aliphatic carbocycles. The number of aldehydes is 1. The summed E-state index contributed by atoms with van der Waals surface area (Å²) in [6.07, 6.45) is 1.20. The van der Waals surface area contributed by atoms with Gasteiger partial charge in [0.15, 0.2) is 12.0 Å². The van der Waals surface area contributed by atoms with Crippen LogP contribution in [0, 0.1) is 0 Å². The highest BCUT2D eigenvalue weighted by Gasteiger charge is 2.08. The van der Waals surface area contributed by atoms with Gasteiger partial charge in [-0.25, -0.2) is 0 Å². The third-order valence-corrected chi connectivity index (χ3v) is 0.881. The van der Waals surface area contributed by atoms with Crippen LogP contribution in [0.3, 0.4) is 0 Å². The van der Waals surface area contributed by atoms with Crippen LogP contribution < -0.4 is 0 Å². The number of furan rings is 1.